The summed E-state index contributed by atoms with van der Waals surface area (Å²) in [7, 11) is 0. The number of unbranched alkanes of at least 4 members (excludes halogenated alkanes) is 3. The van der Waals surface area contributed by atoms with Gasteiger partial charge in [-0.3, -0.25) is 9.89 Å². The van der Waals surface area contributed by atoms with Gasteiger partial charge in [-0.25, -0.2) is 4.98 Å². The summed E-state index contributed by atoms with van der Waals surface area (Å²) in [6, 6.07) is 16.8. The predicted molar refractivity (Wildman–Crippen MR) is 152 cm³/mol. The first kappa shape index (κ1) is 25.8. The van der Waals surface area contributed by atoms with Crippen molar-refractivity contribution >= 4 is 28.0 Å². The summed E-state index contributed by atoms with van der Waals surface area (Å²) in [6.07, 6.45) is 8.93. The summed E-state index contributed by atoms with van der Waals surface area (Å²) in [5, 5.41) is 11.4. The highest BCUT2D eigenvalue weighted by atomic mass is 16.5. The third kappa shape index (κ3) is 4.97. The molecule has 1 aliphatic rings. The molecule has 0 saturated heterocycles. The fourth-order valence-corrected chi connectivity index (χ4v) is 5.43. The van der Waals surface area contributed by atoms with Crippen molar-refractivity contribution in [1.29, 1.82) is 0 Å². The molecule has 2 N–H and O–H groups in total. The highest BCUT2D eigenvalue weighted by Crippen LogP contribution is 2.43. The lowest BCUT2D eigenvalue weighted by molar-refractivity contribution is -0.117. The van der Waals surface area contributed by atoms with Crippen molar-refractivity contribution < 1.29 is 9.53 Å². The van der Waals surface area contributed by atoms with Crippen LogP contribution in [-0.4, -0.2) is 32.3 Å². The van der Waals surface area contributed by atoms with Crippen LogP contribution in [0.1, 0.15) is 82.8 Å². The maximum Gasteiger partial charge on any atom is 0.256 e. The number of aromatic nitrogens is 4. The predicted octanol–water partition coefficient (Wildman–Crippen LogP) is 6.65. The number of amides is 1. The van der Waals surface area contributed by atoms with Crippen molar-refractivity contribution in [3.05, 3.63) is 78.0 Å². The van der Waals surface area contributed by atoms with E-state index in [2.05, 4.69) is 89.3 Å². The molecule has 0 bridgehead atoms. The Labute approximate surface area is 224 Å². The van der Waals surface area contributed by atoms with Crippen LogP contribution in [0.3, 0.4) is 0 Å². The summed E-state index contributed by atoms with van der Waals surface area (Å²) in [4.78, 5) is 18.1. The van der Waals surface area contributed by atoms with E-state index in [4.69, 9.17) is 4.74 Å². The number of para-hydroxylation sites is 1. The molecule has 2 aromatic carbocycles. The van der Waals surface area contributed by atoms with Crippen molar-refractivity contribution in [2.75, 3.05) is 6.61 Å². The Balaban J connectivity index is 1.52. The van der Waals surface area contributed by atoms with E-state index in [0.717, 1.165) is 46.4 Å². The average molecular weight is 512 g/mol. The number of fused-ring (bicyclic) bond motifs is 1. The maximum absolute atomic E-state index is 13.7. The Hall–Kier alpha value is -3.87. The van der Waals surface area contributed by atoms with Crippen LogP contribution in [-0.2, 0) is 10.3 Å². The highest BCUT2D eigenvalue weighted by molar-refractivity contribution is 6.28. The van der Waals surface area contributed by atoms with E-state index >= 15 is 0 Å². The third-order valence-corrected chi connectivity index (χ3v) is 7.48. The molecule has 0 aliphatic carbocycles. The van der Waals surface area contributed by atoms with E-state index < -0.39 is 5.54 Å². The molecule has 7 heteroatoms. The Morgan fingerprint density at radius 3 is 2.58 bits per heavy atom. The number of hydrogen-bond acceptors (Lipinski definition) is 4. The monoisotopic (exact) mass is 511 g/mol. The van der Waals surface area contributed by atoms with Crippen molar-refractivity contribution in [3.63, 3.8) is 0 Å². The number of ether oxygens (including phenoxy) is 1. The second kappa shape index (κ2) is 10.9. The normalized spacial score (nSPS) is 17.9. The van der Waals surface area contributed by atoms with Gasteiger partial charge >= 0.3 is 0 Å². The minimum absolute atomic E-state index is 0.164. The van der Waals surface area contributed by atoms with Gasteiger partial charge in [-0.1, -0.05) is 56.5 Å². The van der Waals surface area contributed by atoms with E-state index in [9.17, 15) is 4.79 Å². The largest absolute Gasteiger partial charge is 0.494 e. The maximum atomic E-state index is 13.7. The van der Waals surface area contributed by atoms with Gasteiger partial charge < -0.3 is 14.6 Å². The van der Waals surface area contributed by atoms with Crippen LogP contribution in [0.15, 0.2) is 61.1 Å². The van der Waals surface area contributed by atoms with Gasteiger partial charge in [-0.15, -0.1) is 0 Å². The molecule has 0 radical (unpaired) electrons. The van der Waals surface area contributed by atoms with Crippen LogP contribution >= 0.6 is 0 Å². The van der Waals surface area contributed by atoms with Crippen molar-refractivity contribution in [3.8, 4) is 5.75 Å². The molecule has 2 aromatic heterocycles. The first-order chi connectivity index (χ1) is 18.4. The minimum Gasteiger partial charge on any atom is -0.494 e. The molecule has 0 fully saturated rings. The number of aromatic amines is 1. The highest BCUT2D eigenvalue weighted by Gasteiger charge is 2.39. The van der Waals surface area contributed by atoms with Gasteiger partial charge in [0, 0.05) is 35.1 Å². The third-order valence-electron chi connectivity index (χ3n) is 7.48. The van der Waals surface area contributed by atoms with Crippen LogP contribution in [0.4, 0.5) is 0 Å². The molecule has 1 atom stereocenters. The minimum atomic E-state index is -0.601. The summed E-state index contributed by atoms with van der Waals surface area (Å²) in [5.41, 5.74) is 4.13. The summed E-state index contributed by atoms with van der Waals surface area (Å²) in [5.74, 6) is 1.17. The van der Waals surface area contributed by atoms with Crippen LogP contribution in [0.5, 0.6) is 5.75 Å². The number of carbonyl (C=O) groups excluding carboxylic acids is 1. The lowest BCUT2D eigenvalue weighted by atomic mass is 9.78. The van der Waals surface area contributed by atoms with E-state index in [-0.39, 0.29) is 11.9 Å². The number of H-pyrrole nitrogens is 1. The van der Waals surface area contributed by atoms with E-state index in [1.54, 1.807) is 0 Å². The number of hydrogen-bond donors (Lipinski definition) is 2. The van der Waals surface area contributed by atoms with Crippen molar-refractivity contribution in [2.45, 2.75) is 71.4 Å². The molecule has 3 heterocycles. The molecule has 38 heavy (non-hydrogen) atoms. The van der Waals surface area contributed by atoms with Gasteiger partial charge in [0.05, 0.1) is 17.7 Å². The Morgan fingerprint density at radius 2 is 1.87 bits per heavy atom. The van der Waals surface area contributed by atoms with Crippen LogP contribution in [0, 0.1) is 0 Å². The molecule has 7 nitrogen and oxygen atoms in total. The van der Waals surface area contributed by atoms with Crippen LogP contribution in [0.2, 0.25) is 0 Å². The second-order valence-electron chi connectivity index (χ2n) is 10.6. The van der Waals surface area contributed by atoms with Gasteiger partial charge in [0.1, 0.15) is 12.1 Å². The molecular weight excluding hydrogens is 474 g/mol. The zero-order valence-corrected chi connectivity index (χ0v) is 22.8. The summed E-state index contributed by atoms with van der Waals surface area (Å²) >= 11 is 0. The van der Waals surface area contributed by atoms with Crippen molar-refractivity contribution in [1.82, 2.24) is 25.1 Å². The van der Waals surface area contributed by atoms with Crippen molar-refractivity contribution in [2.24, 2.45) is 0 Å². The molecule has 198 valence electrons. The van der Waals surface area contributed by atoms with E-state index in [1.807, 2.05) is 18.2 Å². The smallest absolute Gasteiger partial charge is 0.256 e. The molecular formula is C31H37N5O2. The molecule has 1 unspecified atom stereocenters. The summed E-state index contributed by atoms with van der Waals surface area (Å²) < 4.78 is 8.23. The molecule has 5 rings (SSSR count). The Bertz CT molecular complexity index is 1430. The fourth-order valence-electron chi connectivity index (χ4n) is 5.43. The molecule has 1 aliphatic heterocycles. The number of nitrogens with zero attached hydrogens (tertiary/aromatic N) is 3. The van der Waals surface area contributed by atoms with Gasteiger partial charge in [-0.05, 0) is 56.5 Å². The van der Waals surface area contributed by atoms with Gasteiger partial charge in [0.25, 0.3) is 5.91 Å². The summed E-state index contributed by atoms with van der Waals surface area (Å²) in [6.45, 7) is 9.37. The Kier molecular flexibility index (Phi) is 7.36. The van der Waals surface area contributed by atoms with Crippen LogP contribution in [0.25, 0.3) is 22.0 Å². The topological polar surface area (TPSA) is 84.8 Å². The number of nitrogens with one attached hydrogen (secondary N) is 2. The first-order valence-electron chi connectivity index (χ1n) is 13.7. The lowest BCUT2D eigenvalue weighted by Crippen LogP contribution is -2.47. The van der Waals surface area contributed by atoms with Gasteiger partial charge in [0.2, 0.25) is 0 Å². The van der Waals surface area contributed by atoms with E-state index in [1.165, 1.54) is 25.6 Å². The van der Waals surface area contributed by atoms with E-state index in [0.29, 0.717) is 17.8 Å². The fraction of sp³-hybridized carbons (Fsp3) is 0.387. The molecule has 4 aromatic rings. The van der Waals surface area contributed by atoms with Crippen LogP contribution < -0.4 is 10.1 Å². The molecule has 1 amide bonds. The zero-order chi connectivity index (χ0) is 26.7. The number of benzene rings is 2. The molecule has 0 spiro atoms. The average Bonchev–Trinajstić information content (AvgIpc) is 3.57. The van der Waals surface area contributed by atoms with Gasteiger partial charge in [0.15, 0.2) is 5.82 Å². The number of rotatable bonds is 10. The molecule has 0 saturated carbocycles. The number of carbonyl (C=O) groups is 1. The first-order valence-corrected chi connectivity index (χ1v) is 13.7. The zero-order valence-electron chi connectivity index (χ0n) is 22.8. The Morgan fingerprint density at radius 1 is 1.08 bits per heavy atom. The standard InChI is InChI=1S/C31H37N5O2/c1-5-6-7-10-17-38-23-15-13-22(14-16-23)31(4)18-25(28(30(37)34-31)29-32-20-33-35-29)26-19-36(21(2)3)27-12-9-8-11-24(26)27/h8-9,11-16,19-21H,5-7,10,17-18H2,1-4H3,(H,34,37)(H,32,33,35). The second-order valence-corrected chi connectivity index (χ2v) is 10.6. The lowest BCUT2D eigenvalue weighted by Gasteiger charge is -2.37. The van der Waals surface area contributed by atoms with Gasteiger partial charge in [-0.2, -0.15) is 5.10 Å². The SMILES string of the molecule is CCCCCCOc1ccc(C2(C)CC(c3cn(C(C)C)c4ccccc34)=C(c3ncn[nH]3)C(=O)N2)cc1. The quantitative estimate of drug-likeness (QED) is 0.234.